The Morgan fingerprint density at radius 1 is 0.528 bits per heavy atom. The summed E-state index contributed by atoms with van der Waals surface area (Å²) in [4.78, 5) is 38.1. The second-order valence-corrected chi connectivity index (χ2v) is 22.3. The van der Waals surface area contributed by atoms with Gasteiger partial charge in [0.05, 0.1) is 62.1 Å². The van der Waals surface area contributed by atoms with E-state index in [2.05, 4.69) is 25.3 Å². The van der Waals surface area contributed by atoms with Crippen LogP contribution in [0.3, 0.4) is 0 Å². The number of phenolic OH excluding ortho intramolecular Hbond substituents is 1. The first-order valence-electron chi connectivity index (χ1n) is 25.1. The summed E-state index contributed by atoms with van der Waals surface area (Å²) in [7, 11) is 6.34. The van der Waals surface area contributed by atoms with Crippen LogP contribution in [0, 0.1) is 37.7 Å². The molecular weight excluding hydrogens is 1270 g/mol. The molecule has 4 aromatic heterocycles. The van der Waals surface area contributed by atoms with E-state index in [1.807, 2.05) is 48.5 Å². The average Bonchev–Trinajstić information content (AvgIpc) is 2.85. The van der Waals surface area contributed by atoms with Crippen LogP contribution in [0.1, 0.15) is 1.43 Å². The Hall–Kier alpha value is -8.13. The monoisotopic (exact) mass is 1310 g/mol. The molecule has 19 nitrogen and oxygen atoms in total. The van der Waals surface area contributed by atoms with Gasteiger partial charge in [0.15, 0.2) is 20.4 Å². The Labute approximate surface area is 550 Å². The van der Waals surface area contributed by atoms with Crippen molar-refractivity contribution in [3.8, 4) is 65.3 Å². The van der Waals surface area contributed by atoms with Crippen molar-refractivity contribution in [2.45, 2.75) is 0 Å². The zero-order valence-corrected chi connectivity index (χ0v) is 53.4. The van der Waals surface area contributed by atoms with Gasteiger partial charge in [-0.2, -0.15) is 4.39 Å². The molecule has 453 valence electrons. The van der Waals surface area contributed by atoms with Crippen molar-refractivity contribution in [2.24, 2.45) is 0 Å². The van der Waals surface area contributed by atoms with Gasteiger partial charge in [0.1, 0.15) is 59.7 Å². The van der Waals surface area contributed by atoms with Crippen molar-refractivity contribution < 1.29 is 92.2 Å². The van der Waals surface area contributed by atoms with Crippen LogP contribution in [-0.2, 0) is 14.2 Å². The van der Waals surface area contributed by atoms with Gasteiger partial charge in [-0.15, -0.1) is 45.3 Å². The summed E-state index contributed by atoms with van der Waals surface area (Å²) in [6.07, 6.45) is 0. The molecular formula is C59H48BClF4N8NaO11S4. The molecule has 30 heteroatoms. The largest absolute Gasteiger partial charge is 1.00 e. The molecule has 0 aliphatic rings. The molecule has 0 unspecified atom stereocenters. The van der Waals surface area contributed by atoms with Crippen molar-refractivity contribution in [1.82, 2.24) is 19.9 Å². The minimum absolute atomic E-state index is 0. The molecule has 3 radical (unpaired) electrons. The van der Waals surface area contributed by atoms with Crippen molar-refractivity contribution in [3.05, 3.63) is 188 Å². The van der Waals surface area contributed by atoms with E-state index in [0.29, 0.717) is 39.1 Å². The first-order chi connectivity index (χ1) is 41.5. The van der Waals surface area contributed by atoms with Crippen molar-refractivity contribution >= 4 is 129 Å². The number of phenols is 1. The fourth-order valence-corrected chi connectivity index (χ4v) is 12.1. The van der Waals surface area contributed by atoms with Gasteiger partial charge in [0.2, 0.25) is 5.82 Å². The smallest absolute Gasteiger partial charge is 1.00 e. The van der Waals surface area contributed by atoms with Crippen molar-refractivity contribution in [1.29, 1.82) is 0 Å². The van der Waals surface area contributed by atoms with E-state index in [9.17, 15) is 38.5 Å². The first kappa shape index (κ1) is 70.0. The maximum absolute atomic E-state index is 13.7. The van der Waals surface area contributed by atoms with Crippen LogP contribution in [0.25, 0.3) is 83.2 Å². The fraction of sp³-hybridized carbons (Fsp3) is 0.119. The minimum atomic E-state index is -0.879. The maximum atomic E-state index is 13.7. The molecule has 0 fully saturated rings. The van der Waals surface area contributed by atoms with Gasteiger partial charge in [0, 0.05) is 71.2 Å². The molecule has 0 aliphatic carbocycles. The summed E-state index contributed by atoms with van der Waals surface area (Å²) in [5, 5.41) is 36.6. The summed E-state index contributed by atoms with van der Waals surface area (Å²) in [6.45, 7) is 0.514. The van der Waals surface area contributed by atoms with Gasteiger partial charge in [-0.3, -0.25) is 24.9 Å². The Morgan fingerprint density at radius 2 is 0.888 bits per heavy atom. The fourth-order valence-electron chi connectivity index (χ4n) is 7.86. The zero-order valence-electron chi connectivity index (χ0n) is 48.4. The van der Waals surface area contributed by atoms with Gasteiger partial charge in [0.25, 0.3) is 5.69 Å². The third kappa shape index (κ3) is 17.6. The summed E-state index contributed by atoms with van der Waals surface area (Å²) in [6, 6.07) is 39.5. The molecule has 0 aliphatic heterocycles. The molecule has 0 spiro atoms. The van der Waals surface area contributed by atoms with Gasteiger partial charge in [-0.1, -0.05) is 11.6 Å². The Bertz CT molecular complexity index is 4300. The standard InChI is InChI=1S/C15H11ClN2O4S.C15H11FN2O4S.C15H13FN2O2S.C14H11FN2OS.B.FH.Na.H/c2*1-21-8-22-10-3-4-12-14(7-10)23-15(17-12)9-2-5-13(18(19)20)11(16)6-9;1-19-8-20-10-3-5-13-14(7-10)21-15(18-13)9-2-4-12(17)11(16)6-9;1-16-11-4-2-8(6-10(11)15)14-17-12-5-3-9(18)7-13(12)19-14;;;;/h2*2-7H,8H2,1H3;2-7H,8,17H2,1H3;2-7,16,18H,1H3;;1H;;/q;;;;;;+1;-1/i;2*16-1;15-1;;1-1;;. The second-order valence-electron chi connectivity index (χ2n) is 17.8. The zero-order chi connectivity index (χ0) is 61.0. The molecule has 12 rings (SSSR count). The predicted octanol–water partition coefficient (Wildman–Crippen LogP) is 12.9. The summed E-state index contributed by atoms with van der Waals surface area (Å²) < 4.78 is 75.4. The van der Waals surface area contributed by atoms with Crippen molar-refractivity contribution in [2.75, 3.05) is 59.8 Å². The number of hydrogen-bond acceptors (Lipinski definition) is 21. The molecule has 4 heterocycles. The number of ether oxygens (including phenoxy) is 6. The van der Waals surface area contributed by atoms with E-state index in [-0.39, 0.29) is 92.4 Å². The number of aromatic hydroxyl groups is 1. The third-order valence-electron chi connectivity index (χ3n) is 12.0. The average molecular weight is 1310 g/mol. The molecule has 0 saturated carbocycles. The van der Waals surface area contributed by atoms with Gasteiger partial charge < -0.3 is 46.0 Å². The van der Waals surface area contributed by atoms with Gasteiger partial charge >= 0.3 is 35.2 Å². The Balaban J connectivity index is 0.000000215. The number of nitrogen functional groups attached to an aromatic ring is 1. The van der Waals surface area contributed by atoms with Crippen LogP contribution in [0.4, 0.5) is 40.6 Å². The second kappa shape index (κ2) is 32.4. The summed E-state index contributed by atoms with van der Waals surface area (Å²) in [5.74, 6) is 0.636. The number of benzene rings is 8. The third-order valence-corrected chi connectivity index (χ3v) is 16.6. The molecule has 89 heavy (non-hydrogen) atoms. The topological polar surface area (TPSA) is 251 Å². The van der Waals surface area contributed by atoms with Crippen LogP contribution in [-0.4, -0.2) is 92.1 Å². The van der Waals surface area contributed by atoms with Crippen LogP contribution in [0.15, 0.2) is 146 Å². The number of nitrogens with two attached hydrogens (primary N) is 1. The number of hydrogen-bond donors (Lipinski definition) is 3. The molecule has 12 aromatic rings. The van der Waals surface area contributed by atoms with Crippen LogP contribution in [0.2, 0.25) is 5.02 Å². The Morgan fingerprint density at radius 3 is 1.26 bits per heavy atom. The molecule has 8 aromatic carbocycles. The molecule has 0 bridgehead atoms. The molecule has 0 amide bonds. The van der Waals surface area contributed by atoms with E-state index < -0.39 is 27.2 Å². The first-order valence-corrected chi connectivity index (χ1v) is 28.7. The maximum Gasteiger partial charge on any atom is 1.00 e. The number of anilines is 2. The number of thiazole rings is 4. The van der Waals surface area contributed by atoms with E-state index >= 15 is 0 Å². The quantitative estimate of drug-likeness (QED) is 0.0203. The number of nitro benzene ring substituents is 2. The van der Waals surface area contributed by atoms with E-state index in [1.165, 1.54) is 76.7 Å². The van der Waals surface area contributed by atoms with Crippen LogP contribution >= 0.6 is 56.9 Å². The molecule has 0 atom stereocenters. The van der Waals surface area contributed by atoms with Gasteiger partial charge in [-0.25, -0.2) is 28.7 Å². The normalized spacial score (nSPS) is 10.5. The number of halogens is 5. The number of nitrogens with one attached hydrogen (secondary N) is 1. The van der Waals surface area contributed by atoms with Crippen molar-refractivity contribution in [3.63, 3.8) is 0 Å². The molecule has 4 N–H and O–H groups in total. The number of fused-ring (bicyclic) bond motifs is 4. The SMILES string of the molecule is CNc1ccc(-c2nc3ccc(O)cc3s2)cc1[18F].COCOc1ccc2nc(-c3ccc(N)c([18F])c3)sc2c1.COCOc1ccc2nc(-c3ccc([N+](=O)[O-])c(Cl)c3)sc2c1.COCOc1ccc2nc(-c3ccc([N+](=O)[O-])c([18F])c3)sc2c1.[18FH].[B].[H-].[Na+]. The van der Waals surface area contributed by atoms with Gasteiger partial charge in [-0.05, 0) is 133 Å². The van der Waals surface area contributed by atoms with E-state index in [1.54, 1.807) is 81.9 Å². The number of nitro groups is 2. The number of rotatable bonds is 16. The number of aromatic nitrogens is 4. The predicted molar refractivity (Wildman–Crippen MR) is 341 cm³/mol. The van der Waals surface area contributed by atoms with Crippen LogP contribution < -0.4 is 54.8 Å². The van der Waals surface area contributed by atoms with E-state index in [4.69, 9.17) is 45.8 Å². The molecule has 0 saturated heterocycles. The summed E-state index contributed by atoms with van der Waals surface area (Å²) in [5.41, 5.74) is 11.3. The summed E-state index contributed by atoms with van der Waals surface area (Å²) >= 11 is 11.7. The van der Waals surface area contributed by atoms with Crippen LogP contribution in [0.5, 0.6) is 23.0 Å². The Kier molecular flexibility index (Phi) is 25.5. The number of methoxy groups -OCH3 is 3. The minimum Gasteiger partial charge on any atom is -1.00 e. The number of nitrogens with zero attached hydrogens (tertiary/aromatic N) is 6. The van der Waals surface area contributed by atoms with E-state index in [0.717, 1.165) is 79.1 Å².